The SMILES string of the molecule is O=C(c1cc(Cl)cc(Cl)n1)N1CCc2ccccc21. The second-order valence-corrected chi connectivity index (χ2v) is 5.15. The molecule has 1 aromatic heterocycles. The summed E-state index contributed by atoms with van der Waals surface area (Å²) in [5.41, 5.74) is 2.38. The number of halogens is 2. The quantitative estimate of drug-likeness (QED) is 0.753. The van der Waals surface area contributed by atoms with E-state index in [1.165, 1.54) is 17.7 Å². The number of fused-ring (bicyclic) bond motifs is 1. The summed E-state index contributed by atoms with van der Waals surface area (Å²) in [6.45, 7) is 0.657. The molecular weight excluding hydrogens is 283 g/mol. The highest BCUT2D eigenvalue weighted by Gasteiger charge is 2.26. The molecule has 19 heavy (non-hydrogen) atoms. The van der Waals surface area contributed by atoms with Crippen LogP contribution in [0.15, 0.2) is 36.4 Å². The van der Waals surface area contributed by atoms with Gasteiger partial charge in [0.15, 0.2) is 0 Å². The molecule has 1 amide bonds. The van der Waals surface area contributed by atoms with Gasteiger partial charge < -0.3 is 4.90 Å². The zero-order chi connectivity index (χ0) is 13.4. The van der Waals surface area contributed by atoms with Crippen molar-refractivity contribution < 1.29 is 4.79 Å². The number of benzene rings is 1. The lowest BCUT2D eigenvalue weighted by Gasteiger charge is -2.16. The molecule has 2 heterocycles. The van der Waals surface area contributed by atoms with E-state index in [1.54, 1.807) is 4.90 Å². The third-order valence-electron chi connectivity index (χ3n) is 3.11. The lowest BCUT2D eigenvalue weighted by Crippen LogP contribution is -2.29. The van der Waals surface area contributed by atoms with E-state index in [-0.39, 0.29) is 16.8 Å². The molecule has 96 valence electrons. The fourth-order valence-corrected chi connectivity index (χ4v) is 2.73. The summed E-state index contributed by atoms with van der Waals surface area (Å²) in [7, 11) is 0. The molecule has 1 aromatic carbocycles. The first-order valence-electron chi connectivity index (χ1n) is 5.88. The topological polar surface area (TPSA) is 33.2 Å². The third-order valence-corrected chi connectivity index (χ3v) is 3.52. The molecule has 0 aliphatic carbocycles. The second kappa shape index (κ2) is 4.83. The maximum Gasteiger partial charge on any atom is 0.276 e. The molecule has 0 saturated carbocycles. The Labute approximate surface area is 120 Å². The van der Waals surface area contributed by atoms with Gasteiger partial charge in [-0.1, -0.05) is 41.4 Å². The number of hydrogen-bond acceptors (Lipinski definition) is 2. The van der Waals surface area contributed by atoms with Crippen LogP contribution in [-0.4, -0.2) is 17.4 Å². The van der Waals surface area contributed by atoms with Crippen LogP contribution in [0.25, 0.3) is 0 Å². The maximum absolute atomic E-state index is 12.5. The van der Waals surface area contributed by atoms with E-state index in [0.29, 0.717) is 11.6 Å². The van der Waals surface area contributed by atoms with Gasteiger partial charge in [0.25, 0.3) is 5.91 Å². The van der Waals surface area contributed by atoms with Crippen LogP contribution in [0.1, 0.15) is 16.1 Å². The molecule has 0 bridgehead atoms. The van der Waals surface area contributed by atoms with Gasteiger partial charge >= 0.3 is 0 Å². The highest BCUT2D eigenvalue weighted by molar-refractivity contribution is 6.34. The molecule has 5 heteroatoms. The highest BCUT2D eigenvalue weighted by atomic mass is 35.5. The Hall–Kier alpha value is -1.58. The van der Waals surface area contributed by atoms with Crippen molar-refractivity contribution in [2.75, 3.05) is 11.4 Å². The predicted molar refractivity (Wildman–Crippen MR) is 76.1 cm³/mol. The summed E-state index contributed by atoms with van der Waals surface area (Å²) < 4.78 is 0. The number of anilines is 1. The van der Waals surface area contributed by atoms with Gasteiger partial charge in [-0.2, -0.15) is 0 Å². The van der Waals surface area contributed by atoms with E-state index >= 15 is 0 Å². The number of amides is 1. The summed E-state index contributed by atoms with van der Waals surface area (Å²) in [5, 5.41) is 0.638. The molecule has 1 aliphatic rings. The minimum atomic E-state index is -0.172. The minimum Gasteiger partial charge on any atom is -0.306 e. The minimum absolute atomic E-state index is 0.172. The summed E-state index contributed by atoms with van der Waals surface area (Å²) in [6, 6.07) is 10.9. The van der Waals surface area contributed by atoms with E-state index in [4.69, 9.17) is 23.2 Å². The molecule has 0 fully saturated rings. The fraction of sp³-hybridized carbons (Fsp3) is 0.143. The zero-order valence-corrected chi connectivity index (χ0v) is 11.4. The van der Waals surface area contributed by atoms with Crippen LogP contribution in [0.5, 0.6) is 0 Å². The van der Waals surface area contributed by atoms with E-state index in [9.17, 15) is 4.79 Å². The van der Waals surface area contributed by atoms with Crippen molar-refractivity contribution in [2.45, 2.75) is 6.42 Å². The number of para-hydroxylation sites is 1. The Morgan fingerprint density at radius 3 is 2.79 bits per heavy atom. The maximum atomic E-state index is 12.5. The van der Waals surface area contributed by atoms with Crippen molar-refractivity contribution in [2.24, 2.45) is 0 Å². The Morgan fingerprint density at radius 2 is 2.00 bits per heavy atom. The normalized spacial score (nSPS) is 13.5. The van der Waals surface area contributed by atoms with Gasteiger partial charge in [-0.25, -0.2) is 4.98 Å². The van der Waals surface area contributed by atoms with Crippen molar-refractivity contribution in [1.82, 2.24) is 4.98 Å². The number of aromatic nitrogens is 1. The average Bonchev–Trinajstić information content (AvgIpc) is 2.80. The molecule has 0 radical (unpaired) electrons. The molecular formula is C14H10Cl2N2O. The lowest BCUT2D eigenvalue weighted by atomic mass is 10.2. The number of hydrogen-bond donors (Lipinski definition) is 0. The lowest BCUT2D eigenvalue weighted by molar-refractivity contribution is 0.0984. The summed E-state index contributed by atoms with van der Waals surface area (Å²) in [6.07, 6.45) is 0.857. The summed E-state index contributed by atoms with van der Waals surface area (Å²) in [5.74, 6) is -0.172. The van der Waals surface area contributed by atoms with Crippen molar-refractivity contribution >= 4 is 34.8 Å². The Morgan fingerprint density at radius 1 is 1.21 bits per heavy atom. The molecule has 3 rings (SSSR count). The van der Waals surface area contributed by atoms with Gasteiger partial charge in [-0.05, 0) is 30.2 Å². The fourth-order valence-electron chi connectivity index (χ4n) is 2.26. The number of carbonyl (C=O) groups is 1. The van der Waals surface area contributed by atoms with E-state index in [0.717, 1.165) is 12.1 Å². The largest absolute Gasteiger partial charge is 0.306 e. The van der Waals surface area contributed by atoms with Crippen molar-refractivity contribution in [3.05, 3.63) is 57.8 Å². The van der Waals surface area contributed by atoms with Crippen LogP contribution in [0.2, 0.25) is 10.2 Å². The molecule has 0 spiro atoms. The summed E-state index contributed by atoms with van der Waals surface area (Å²) in [4.78, 5) is 18.2. The number of rotatable bonds is 1. The van der Waals surface area contributed by atoms with Crippen LogP contribution in [0.3, 0.4) is 0 Å². The van der Waals surface area contributed by atoms with Crippen LogP contribution < -0.4 is 4.90 Å². The predicted octanol–water partition coefficient (Wildman–Crippen LogP) is 3.59. The average molecular weight is 293 g/mol. The number of nitrogens with zero attached hydrogens (tertiary/aromatic N) is 2. The highest BCUT2D eigenvalue weighted by Crippen LogP contribution is 2.29. The Kier molecular flexibility index (Phi) is 3.17. The van der Waals surface area contributed by atoms with Crippen LogP contribution in [0, 0.1) is 0 Å². The monoisotopic (exact) mass is 292 g/mol. The van der Waals surface area contributed by atoms with E-state index < -0.39 is 0 Å². The van der Waals surface area contributed by atoms with Gasteiger partial charge in [0.1, 0.15) is 10.8 Å². The Bertz CT molecular complexity index is 637. The zero-order valence-electron chi connectivity index (χ0n) is 9.94. The number of pyridine rings is 1. The molecule has 3 nitrogen and oxygen atoms in total. The molecule has 1 aliphatic heterocycles. The van der Waals surface area contributed by atoms with Crippen LogP contribution >= 0.6 is 23.2 Å². The van der Waals surface area contributed by atoms with Gasteiger partial charge in [0.2, 0.25) is 0 Å². The standard InChI is InChI=1S/C14H10Cl2N2O/c15-10-7-11(17-13(16)8-10)14(19)18-6-5-9-3-1-2-4-12(9)18/h1-4,7-8H,5-6H2. The second-order valence-electron chi connectivity index (χ2n) is 4.33. The molecule has 0 unspecified atom stereocenters. The van der Waals surface area contributed by atoms with Gasteiger partial charge in [-0.15, -0.1) is 0 Å². The van der Waals surface area contributed by atoms with Gasteiger partial charge in [-0.3, -0.25) is 4.79 Å². The molecule has 2 aromatic rings. The summed E-state index contributed by atoms with van der Waals surface area (Å²) >= 11 is 11.7. The molecule has 0 saturated heterocycles. The van der Waals surface area contributed by atoms with E-state index in [1.807, 2.05) is 24.3 Å². The first kappa shape index (κ1) is 12.5. The first-order valence-corrected chi connectivity index (χ1v) is 6.63. The van der Waals surface area contributed by atoms with Crippen molar-refractivity contribution in [3.8, 4) is 0 Å². The number of carbonyl (C=O) groups excluding carboxylic acids is 1. The molecule has 0 atom stereocenters. The smallest absolute Gasteiger partial charge is 0.276 e. The van der Waals surface area contributed by atoms with Crippen molar-refractivity contribution in [1.29, 1.82) is 0 Å². The van der Waals surface area contributed by atoms with Crippen LogP contribution in [0.4, 0.5) is 5.69 Å². The Balaban J connectivity index is 1.98. The molecule has 0 N–H and O–H groups in total. The van der Waals surface area contributed by atoms with Gasteiger partial charge in [0, 0.05) is 17.3 Å². The van der Waals surface area contributed by atoms with Crippen molar-refractivity contribution in [3.63, 3.8) is 0 Å². The third kappa shape index (κ3) is 2.31. The van der Waals surface area contributed by atoms with Crippen LogP contribution in [-0.2, 0) is 6.42 Å². The van der Waals surface area contributed by atoms with Gasteiger partial charge in [0.05, 0.1) is 0 Å². The first-order chi connectivity index (χ1) is 9.15. The van der Waals surface area contributed by atoms with E-state index in [2.05, 4.69) is 4.98 Å².